The number of imidazole rings is 1. The van der Waals surface area contributed by atoms with Gasteiger partial charge in [0.15, 0.2) is 5.82 Å². The molecule has 0 spiro atoms. The Hall–Kier alpha value is -3.90. The summed E-state index contributed by atoms with van der Waals surface area (Å²) in [5.74, 6) is -1.47. The van der Waals surface area contributed by atoms with Crippen LogP contribution in [0.5, 0.6) is 0 Å². The highest BCUT2D eigenvalue weighted by molar-refractivity contribution is 6.03. The van der Waals surface area contributed by atoms with Crippen molar-refractivity contribution in [2.75, 3.05) is 30.4 Å². The summed E-state index contributed by atoms with van der Waals surface area (Å²) >= 11 is 0. The second-order valence-corrected chi connectivity index (χ2v) is 7.72. The van der Waals surface area contributed by atoms with E-state index in [1.54, 1.807) is 12.1 Å². The number of piperidine rings is 1. The molecule has 0 aliphatic carbocycles. The normalized spacial score (nSPS) is 14.8. The van der Waals surface area contributed by atoms with Crippen LogP contribution in [-0.2, 0) is 0 Å². The van der Waals surface area contributed by atoms with Crippen LogP contribution in [0.3, 0.4) is 0 Å². The van der Waals surface area contributed by atoms with E-state index in [1.165, 1.54) is 29.4 Å². The number of rotatable bonds is 6. The van der Waals surface area contributed by atoms with Crippen LogP contribution in [0.2, 0.25) is 0 Å². The molecule has 2 aromatic heterocycles. The molecule has 3 aromatic rings. The fraction of sp³-hybridized carbons (Fsp3) is 0.286. The lowest BCUT2D eigenvalue weighted by Crippen LogP contribution is -2.51. The lowest BCUT2D eigenvalue weighted by atomic mass is 9.98. The Balaban J connectivity index is 1.66. The molecule has 0 bridgehead atoms. The van der Waals surface area contributed by atoms with Gasteiger partial charge in [-0.3, -0.25) is 9.59 Å². The van der Waals surface area contributed by atoms with Crippen molar-refractivity contribution in [1.29, 1.82) is 0 Å². The summed E-state index contributed by atoms with van der Waals surface area (Å²) in [5.41, 5.74) is 17.6. The summed E-state index contributed by atoms with van der Waals surface area (Å²) < 4.78 is 14.0. The number of halogens is 1. The Morgan fingerprint density at radius 1 is 1.15 bits per heavy atom. The number of aromatic amines is 1. The highest BCUT2D eigenvalue weighted by Crippen LogP contribution is 2.26. The van der Waals surface area contributed by atoms with Gasteiger partial charge in [0.25, 0.3) is 5.91 Å². The molecule has 12 heteroatoms. The van der Waals surface area contributed by atoms with Gasteiger partial charge in [-0.2, -0.15) is 0 Å². The molecule has 7 N–H and O–H groups in total. The van der Waals surface area contributed by atoms with E-state index in [2.05, 4.69) is 19.9 Å². The molecule has 1 fully saturated rings. The molecule has 0 saturated carbocycles. The first-order chi connectivity index (χ1) is 15.9. The molecule has 1 aromatic carbocycles. The number of amides is 2. The third kappa shape index (κ3) is 4.81. The number of carbonyl (C=O) groups excluding carboxylic acids is 2. The van der Waals surface area contributed by atoms with Gasteiger partial charge in [-0.1, -0.05) is 6.07 Å². The minimum absolute atomic E-state index is 0.00742. The quantitative estimate of drug-likeness (QED) is 0.426. The van der Waals surface area contributed by atoms with Crippen LogP contribution in [0.15, 0.2) is 36.5 Å². The molecule has 11 nitrogen and oxygen atoms in total. The van der Waals surface area contributed by atoms with Gasteiger partial charge in [0.2, 0.25) is 5.95 Å². The van der Waals surface area contributed by atoms with Crippen molar-refractivity contribution >= 4 is 23.5 Å². The van der Waals surface area contributed by atoms with E-state index in [-0.39, 0.29) is 28.9 Å². The number of nitrogens with two attached hydrogens (primary N) is 3. The number of aromatic nitrogens is 4. The molecule has 33 heavy (non-hydrogen) atoms. The lowest BCUT2D eigenvalue weighted by Gasteiger charge is -2.39. The maximum atomic E-state index is 14.0. The van der Waals surface area contributed by atoms with E-state index >= 15 is 0 Å². The number of nitrogen functional groups attached to an aromatic ring is 1. The lowest BCUT2D eigenvalue weighted by molar-refractivity contribution is 0.0838. The van der Waals surface area contributed by atoms with Gasteiger partial charge in [-0.25, -0.2) is 29.4 Å². The third-order valence-electron chi connectivity index (χ3n) is 5.49. The van der Waals surface area contributed by atoms with Crippen LogP contribution in [0.25, 0.3) is 11.4 Å². The molecule has 0 atom stereocenters. The second-order valence-electron chi connectivity index (χ2n) is 7.72. The van der Waals surface area contributed by atoms with E-state index in [1.807, 2.05) is 5.01 Å². The number of hydrazine groups is 1. The highest BCUT2D eigenvalue weighted by atomic mass is 19.1. The molecular formula is C21H24FN9O2. The van der Waals surface area contributed by atoms with Crippen LogP contribution in [0, 0.1) is 11.7 Å². The minimum atomic E-state index is -0.768. The summed E-state index contributed by atoms with van der Waals surface area (Å²) in [7, 11) is 0. The number of benzene rings is 1. The maximum Gasteiger partial charge on any atom is 0.308 e. The number of H-pyrrole nitrogens is 1. The van der Waals surface area contributed by atoms with Gasteiger partial charge in [0.05, 0.1) is 11.4 Å². The van der Waals surface area contributed by atoms with E-state index < -0.39 is 17.6 Å². The number of hydrogen-bond acceptors (Lipinski definition) is 8. The summed E-state index contributed by atoms with van der Waals surface area (Å²) in [5, 5.41) is 3.28. The van der Waals surface area contributed by atoms with Crippen LogP contribution < -0.4 is 22.2 Å². The van der Waals surface area contributed by atoms with Crippen LogP contribution >= 0.6 is 0 Å². The van der Waals surface area contributed by atoms with Crippen molar-refractivity contribution in [3.05, 3.63) is 53.9 Å². The van der Waals surface area contributed by atoms with Crippen LogP contribution in [0.4, 0.5) is 16.0 Å². The standard InChI is InChI=1S/C21H24FN9O2/c22-13-2-1-3-14(8-13)31(30-6-4-12(10-23)5-7-30)20(33)19-26-11-17(27-19)15-9-16(18(24)32)29-21(25)28-15/h1-3,8-9,11-12H,4-7,10,23H2,(H2,24,32)(H,26,27)(H2,25,28,29). The predicted octanol–water partition coefficient (Wildman–Crippen LogP) is 0.919. The number of hydrogen-bond donors (Lipinski definition) is 4. The molecule has 0 radical (unpaired) electrons. The molecule has 1 aliphatic heterocycles. The first-order valence-electron chi connectivity index (χ1n) is 10.4. The Morgan fingerprint density at radius 2 is 1.91 bits per heavy atom. The maximum absolute atomic E-state index is 14.0. The number of nitrogens with zero attached hydrogens (tertiary/aromatic N) is 5. The molecule has 2 amide bonds. The summed E-state index contributed by atoms with van der Waals surface area (Å²) in [6.07, 6.45) is 3.09. The first kappa shape index (κ1) is 22.3. The number of anilines is 2. The van der Waals surface area contributed by atoms with Crippen LogP contribution in [0.1, 0.15) is 33.9 Å². The molecule has 1 saturated heterocycles. The van der Waals surface area contributed by atoms with Gasteiger partial charge in [0, 0.05) is 19.3 Å². The van der Waals surface area contributed by atoms with Crippen molar-refractivity contribution in [3.63, 3.8) is 0 Å². The van der Waals surface area contributed by atoms with E-state index in [9.17, 15) is 14.0 Å². The smallest absolute Gasteiger partial charge is 0.308 e. The largest absolute Gasteiger partial charge is 0.368 e. The molecule has 3 heterocycles. The fourth-order valence-electron chi connectivity index (χ4n) is 3.76. The van der Waals surface area contributed by atoms with E-state index in [0.29, 0.717) is 31.2 Å². The van der Waals surface area contributed by atoms with E-state index in [4.69, 9.17) is 17.2 Å². The average Bonchev–Trinajstić information content (AvgIpc) is 3.30. The monoisotopic (exact) mass is 453 g/mol. The number of nitrogens with one attached hydrogen (secondary N) is 1. The average molecular weight is 453 g/mol. The first-order valence-corrected chi connectivity index (χ1v) is 10.4. The SMILES string of the molecule is NCC1CCN(N(C(=O)c2nc(-c3cc(C(N)=O)nc(N)n3)c[nH]2)c2cccc(F)c2)CC1. The topological polar surface area (TPSA) is 173 Å². The van der Waals surface area contributed by atoms with E-state index in [0.717, 1.165) is 12.8 Å². The Morgan fingerprint density at radius 3 is 2.58 bits per heavy atom. The zero-order chi connectivity index (χ0) is 23.5. The Kier molecular flexibility index (Phi) is 6.29. The van der Waals surface area contributed by atoms with Crippen molar-refractivity contribution in [2.24, 2.45) is 17.4 Å². The number of primary amides is 1. The zero-order valence-corrected chi connectivity index (χ0v) is 17.7. The molecule has 172 valence electrons. The van der Waals surface area contributed by atoms with Crippen LogP contribution in [-0.4, -0.2) is 56.4 Å². The third-order valence-corrected chi connectivity index (χ3v) is 5.49. The number of carbonyl (C=O) groups is 2. The Labute approximate surface area is 188 Å². The minimum Gasteiger partial charge on any atom is -0.368 e. The summed E-state index contributed by atoms with van der Waals surface area (Å²) in [6, 6.07) is 7.14. The van der Waals surface area contributed by atoms with Gasteiger partial charge in [-0.15, -0.1) is 0 Å². The van der Waals surface area contributed by atoms with Gasteiger partial charge in [-0.05, 0) is 49.6 Å². The van der Waals surface area contributed by atoms with Gasteiger partial charge < -0.3 is 22.2 Å². The van der Waals surface area contributed by atoms with Gasteiger partial charge in [0.1, 0.15) is 17.2 Å². The fourth-order valence-corrected chi connectivity index (χ4v) is 3.76. The Bertz CT molecular complexity index is 1170. The summed E-state index contributed by atoms with van der Waals surface area (Å²) in [4.78, 5) is 40.0. The summed E-state index contributed by atoms with van der Waals surface area (Å²) in [6.45, 7) is 1.75. The van der Waals surface area contributed by atoms with Crippen molar-refractivity contribution in [1.82, 2.24) is 24.9 Å². The molecular weight excluding hydrogens is 429 g/mol. The second kappa shape index (κ2) is 9.30. The molecule has 0 unspecified atom stereocenters. The van der Waals surface area contributed by atoms with Gasteiger partial charge >= 0.3 is 5.91 Å². The van der Waals surface area contributed by atoms with Crippen molar-refractivity contribution in [3.8, 4) is 11.4 Å². The zero-order valence-electron chi connectivity index (χ0n) is 17.7. The molecule has 4 rings (SSSR count). The van der Waals surface area contributed by atoms with Crippen molar-refractivity contribution in [2.45, 2.75) is 12.8 Å². The molecule has 1 aliphatic rings. The van der Waals surface area contributed by atoms with Crippen molar-refractivity contribution < 1.29 is 14.0 Å². The predicted molar refractivity (Wildman–Crippen MR) is 119 cm³/mol. The highest BCUT2D eigenvalue weighted by Gasteiger charge is 2.30.